The number of rotatable bonds is 6. The molecular formula is C23H29N3O3S. The first-order valence-electron chi connectivity index (χ1n) is 10.7. The molecule has 0 saturated carbocycles. The summed E-state index contributed by atoms with van der Waals surface area (Å²) in [5, 5.41) is 5.12. The van der Waals surface area contributed by atoms with Gasteiger partial charge in [0.25, 0.3) is 5.91 Å². The summed E-state index contributed by atoms with van der Waals surface area (Å²) in [5.41, 5.74) is 0.581. The fourth-order valence-corrected chi connectivity index (χ4v) is 5.04. The highest BCUT2D eigenvalue weighted by atomic mass is 32.1. The van der Waals surface area contributed by atoms with Gasteiger partial charge in [0.05, 0.1) is 10.3 Å². The van der Waals surface area contributed by atoms with Gasteiger partial charge in [-0.3, -0.25) is 14.5 Å². The van der Waals surface area contributed by atoms with E-state index in [1.807, 2.05) is 40.6 Å². The van der Waals surface area contributed by atoms with Crippen LogP contribution in [0, 0.1) is 0 Å². The monoisotopic (exact) mass is 427 g/mol. The molecule has 7 heteroatoms. The molecule has 1 aromatic heterocycles. The van der Waals surface area contributed by atoms with E-state index < -0.39 is 5.41 Å². The lowest BCUT2D eigenvalue weighted by Gasteiger charge is -2.37. The largest absolute Gasteiger partial charge is 0.381 e. The van der Waals surface area contributed by atoms with Gasteiger partial charge in [-0.2, -0.15) is 0 Å². The normalized spacial score (nSPS) is 19.4. The zero-order chi connectivity index (χ0) is 20.8. The number of hydrogen-bond donors (Lipinski definition) is 1. The molecule has 0 bridgehead atoms. The Labute approximate surface area is 181 Å². The van der Waals surface area contributed by atoms with Crippen LogP contribution in [-0.4, -0.2) is 74.1 Å². The van der Waals surface area contributed by atoms with E-state index in [4.69, 9.17) is 4.74 Å². The van der Waals surface area contributed by atoms with Gasteiger partial charge in [0.2, 0.25) is 5.91 Å². The molecule has 0 aliphatic carbocycles. The Morgan fingerprint density at radius 3 is 2.40 bits per heavy atom. The molecule has 160 valence electrons. The second kappa shape index (κ2) is 9.73. The molecule has 2 saturated heterocycles. The molecule has 2 aliphatic heterocycles. The first-order chi connectivity index (χ1) is 14.7. The number of thiophene rings is 1. The number of carbonyl (C=O) groups is 2. The lowest BCUT2D eigenvalue weighted by molar-refractivity contribution is -0.130. The molecule has 1 N–H and O–H groups in total. The van der Waals surface area contributed by atoms with Crippen molar-refractivity contribution in [3.63, 3.8) is 0 Å². The Hall–Kier alpha value is -2.22. The Balaban J connectivity index is 1.27. The summed E-state index contributed by atoms with van der Waals surface area (Å²) in [6.07, 6.45) is 1.43. The van der Waals surface area contributed by atoms with E-state index in [9.17, 15) is 9.59 Å². The third-order valence-corrected chi connectivity index (χ3v) is 7.07. The summed E-state index contributed by atoms with van der Waals surface area (Å²) in [6.45, 7) is 5.79. The van der Waals surface area contributed by atoms with E-state index in [0.717, 1.165) is 43.2 Å². The maximum absolute atomic E-state index is 13.2. The molecule has 2 amide bonds. The van der Waals surface area contributed by atoms with Crippen molar-refractivity contribution in [2.45, 2.75) is 18.3 Å². The molecule has 2 aromatic rings. The summed E-state index contributed by atoms with van der Waals surface area (Å²) >= 11 is 1.49. The molecule has 0 atom stereocenters. The third kappa shape index (κ3) is 4.58. The molecule has 0 radical (unpaired) electrons. The second-order valence-corrected chi connectivity index (χ2v) is 8.88. The SMILES string of the molecule is O=C(c1cccs1)N1CCN(CCNC(=O)C2(c3ccccc3)CCOCC2)CC1. The van der Waals surface area contributed by atoms with Crippen LogP contribution in [0.1, 0.15) is 28.1 Å². The molecule has 4 rings (SSSR count). The van der Waals surface area contributed by atoms with Crippen molar-refractivity contribution in [2.75, 3.05) is 52.5 Å². The highest BCUT2D eigenvalue weighted by Crippen LogP contribution is 2.35. The number of hydrogen-bond acceptors (Lipinski definition) is 5. The van der Waals surface area contributed by atoms with Gasteiger partial charge in [-0.1, -0.05) is 36.4 Å². The molecule has 0 spiro atoms. The van der Waals surface area contributed by atoms with E-state index in [1.165, 1.54) is 11.3 Å². The quantitative estimate of drug-likeness (QED) is 0.769. The number of amides is 2. The maximum atomic E-state index is 13.2. The van der Waals surface area contributed by atoms with Crippen molar-refractivity contribution in [3.05, 3.63) is 58.3 Å². The fourth-order valence-electron chi connectivity index (χ4n) is 4.35. The van der Waals surface area contributed by atoms with E-state index in [1.54, 1.807) is 0 Å². The van der Waals surface area contributed by atoms with Crippen LogP contribution in [0.3, 0.4) is 0 Å². The molecule has 3 heterocycles. The van der Waals surface area contributed by atoms with Crippen molar-refractivity contribution >= 4 is 23.2 Å². The minimum absolute atomic E-state index is 0.100. The average molecular weight is 428 g/mol. The van der Waals surface area contributed by atoms with Crippen LogP contribution in [0.2, 0.25) is 0 Å². The van der Waals surface area contributed by atoms with E-state index in [2.05, 4.69) is 22.3 Å². The van der Waals surface area contributed by atoms with E-state index in [0.29, 0.717) is 32.6 Å². The molecule has 2 aliphatic rings. The van der Waals surface area contributed by atoms with Crippen LogP contribution in [0.5, 0.6) is 0 Å². The van der Waals surface area contributed by atoms with Crippen molar-refractivity contribution in [2.24, 2.45) is 0 Å². The van der Waals surface area contributed by atoms with E-state index >= 15 is 0 Å². The fraction of sp³-hybridized carbons (Fsp3) is 0.478. The topological polar surface area (TPSA) is 61.9 Å². The van der Waals surface area contributed by atoms with Gasteiger partial charge in [0, 0.05) is 52.5 Å². The summed E-state index contributed by atoms with van der Waals surface area (Å²) in [6, 6.07) is 13.9. The summed E-state index contributed by atoms with van der Waals surface area (Å²) in [7, 11) is 0. The standard InChI is InChI=1S/C23H29N3O3S/c27-21(20-7-4-18-30-20)26-14-12-25(13-15-26)11-10-24-22(28)23(8-16-29-17-9-23)19-5-2-1-3-6-19/h1-7,18H,8-17H2,(H,24,28). The van der Waals surface area contributed by atoms with Crippen molar-refractivity contribution < 1.29 is 14.3 Å². The highest BCUT2D eigenvalue weighted by molar-refractivity contribution is 7.12. The lowest BCUT2D eigenvalue weighted by Crippen LogP contribution is -2.52. The van der Waals surface area contributed by atoms with Gasteiger partial charge in [-0.05, 0) is 29.9 Å². The van der Waals surface area contributed by atoms with Crippen LogP contribution in [0.4, 0.5) is 0 Å². The summed E-state index contributed by atoms with van der Waals surface area (Å²) in [4.78, 5) is 30.7. The lowest BCUT2D eigenvalue weighted by atomic mass is 9.73. The van der Waals surface area contributed by atoms with Crippen molar-refractivity contribution in [1.29, 1.82) is 0 Å². The van der Waals surface area contributed by atoms with Gasteiger partial charge in [0.1, 0.15) is 0 Å². The third-order valence-electron chi connectivity index (χ3n) is 6.21. The molecule has 30 heavy (non-hydrogen) atoms. The van der Waals surface area contributed by atoms with Gasteiger partial charge < -0.3 is 15.0 Å². The number of nitrogens with zero attached hydrogens (tertiary/aromatic N) is 2. The predicted molar refractivity (Wildman–Crippen MR) is 118 cm³/mol. The zero-order valence-corrected chi connectivity index (χ0v) is 18.0. The molecule has 6 nitrogen and oxygen atoms in total. The minimum Gasteiger partial charge on any atom is -0.381 e. The first kappa shape index (κ1) is 21.0. The smallest absolute Gasteiger partial charge is 0.264 e. The minimum atomic E-state index is -0.495. The Bertz CT molecular complexity index is 827. The van der Waals surface area contributed by atoms with Gasteiger partial charge in [0.15, 0.2) is 0 Å². The number of ether oxygens (including phenoxy) is 1. The molecular weight excluding hydrogens is 398 g/mol. The highest BCUT2D eigenvalue weighted by Gasteiger charge is 2.41. The summed E-state index contributed by atoms with van der Waals surface area (Å²) in [5.74, 6) is 0.228. The Morgan fingerprint density at radius 2 is 1.73 bits per heavy atom. The number of carbonyl (C=O) groups excluding carboxylic acids is 2. The molecule has 0 unspecified atom stereocenters. The Morgan fingerprint density at radius 1 is 1.00 bits per heavy atom. The second-order valence-electron chi connectivity index (χ2n) is 7.93. The van der Waals surface area contributed by atoms with E-state index in [-0.39, 0.29) is 11.8 Å². The van der Waals surface area contributed by atoms with Crippen LogP contribution < -0.4 is 5.32 Å². The van der Waals surface area contributed by atoms with Crippen LogP contribution in [0.15, 0.2) is 47.8 Å². The number of piperazine rings is 1. The predicted octanol–water partition coefficient (Wildman–Crippen LogP) is 2.37. The first-order valence-corrected chi connectivity index (χ1v) is 11.5. The molecule has 1 aromatic carbocycles. The Kier molecular flexibility index (Phi) is 6.82. The van der Waals surface area contributed by atoms with Crippen molar-refractivity contribution in [3.8, 4) is 0 Å². The van der Waals surface area contributed by atoms with Crippen LogP contribution >= 0.6 is 11.3 Å². The van der Waals surface area contributed by atoms with Gasteiger partial charge in [-0.25, -0.2) is 0 Å². The number of benzene rings is 1. The maximum Gasteiger partial charge on any atom is 0.264 e. The van der Waals surface area contributed by atoms with Crippen LogP contribution in [0.25, 0.3) is 0 Å². The zero-order valence-electron chi connectivity index (χ0n) is 17.2. The average Bonchev–Trinajstić information content (AvgIpc) is 3.35. The van der Waals surface area contributed by atoms with Crippen LogP contribution in [-0.2, 0) is 14.9 Å². The van der Waals surface area contributed by atoms with Gasteiger partial charge in [-0.15, -0.1) is 11.3 Å². The number of nitrogens with one attached hydrogen (secondary N) is 1. The molecule has 2 fully saturated rings. The summed E-state index contributed by atoms with van der Waals surface area (Å²) < 4.78 is 5.53. The van der Waals surface area contributed by atoms with Gasteiger partial charge >= 0.3 is 0 Å². The van der Waals surface area contributed by atoms with Crippen molar-refractivity contribution in [1.82, 2.24) is 15.1 Å².